The first-order valence-electron chi connectivity index (χ1n) is 9.94. The Balaban J connectivity index is 2.72. The summed E-state index contributed by atoms with van der Waals surface area (Å²) in [4.78, 5) is 58.7. The number of carboxylic acids is 2. The number of carboxylic acid groups (broad SMARTS) is 2. The molecule has 0 bridgehead atoms. The highest BCUT2D eigenvalue weighted by Crippen LogP contribution is 2.11. The van der Waals surface area contributed by atoms with E-state index in [9.17, 15) is 34.2 Å². The Labute approximate surface area is 189 Å². The van der Waals surface area contributed by atoms with Gasteiger partial charge in [-0.05, 0) is 37.5 Å². The lowest BCUT2D eigenvalue weighted by molar-refractivity contribution is -0.144. The molecule has 182 valence electrons. The number of aromatic hydroxyl groups is 1. The van der Waals surface area contributed by atoms with E-state index in [0.717, 1.165) is 6.92 Å². The van der Waals surface area contributed by atoms with Crippen LogP contribution in [-0.4, -0.2) is 80.9 Å². The summed E-state index contributed by atoms with van der Waals surface area (Å²) in [5.41, 5.74) is 6.50. The molecule has 0 saturated heterocycles. The van der Waals surface area contributed by atoms with Crippen LogP contribution >= 0.6 is 0 Å². The van der Waals surface area contributed by atoms with Gasteiger partial charge >= 0.3 is 11.9 Å². The normalized spacial score (nSPS) is 14.3. The molecule has 9 N–H and O–H groups in total. The Morgan fingerprint density at radius 2 is 1.61 bits per heavy atom. The van der Waals surface area contributed by atoms with E-state index in [1.807, 2.05) is 5.32 Å². The number of aliphatic hydroxyl groups excluding tert-OH is 1. The number of nitrogens with one attached hydrogen (secondary N) is 3. The summed E-state index contributed by atoms with van der Waals surface area (Å²) >= 11 is 0. The summed E-state index contributed by atoms with van der Waals surface area (Å²) in [5.74, 6) is -5.18. The molecule has 0 fully saturated rings. The Hall–Kier alpha value is -3.71. The number of aliphatic hydroxyl groups is 1. The molecule has 1 aromatic rings. The maximum absolute atomic E-state index is 12.4. The van der Waals surface area contributed by atoms with Gasteiger partial charge in [-0.2, -0.15) is 0 Å². The minimum Gasteiger partial charge on any atom is -0.508 e. The van der Waals surface area contributed by atoms with Gasteiger partial charge in [0, 0.05) is 6.42 Å². The number of rotatable bonds is 13. The highest BCUT2D eigenvalue weighted by atomic mass is 16.4. The van der Waals surface area contributed by atoms with Crippen molar-refractivity contribution in [3.8, 4) is 5.75 Å². The van der Waals surface area contributed by atoms with Crippen molar-refractivity contribution >= 4 is 29.7 Å². The van der Waals surface area contributed by atoms with Crippen LogP contribution < -0.4 is 21.7 Å². The zero-order valence-electron chi connectivity index (χ0n) is 17.9. The number of hydrogen-bond donors (Lipinski definition) is 8. The van der Waals surface area contributed by atoms with Crippen LogP contribution in [0.2, 0.25) is 0 Å². The lowest BCUT2D eigenvalue weighted by Crippen LogP contribution is -2.54. The second kappa shape index (κ2) is 13.0. The average Bonchev–Trinajstić information content (AvgIpc) is 2.73. The maximum Gasteiger partial charge on any atom is 0.328 e. The van der Waals surface area contributed by atoms with Gasteiger partial charge in [0.15, 0.2) is 6.04 Å². The molecule has 0 saturated carbocycles. The van der Waals surface area contributed by atoms with Crippen molar-refractivity contribution in [1.82, 2.24) is 16.0 Å². The SMILES string of the molecule is CC(O)C(NC(=O)CNC(=O)C(CCC(=O)O)NC(=O)C(N)Cc1ccc(O)cc1)C(=O)O. The quantitative estimate of drug-likeness (QED) is 0.154. The molecule has 4 atom stereocenters. The number of amides is 3. The minimum absolute atomic E-state index is 0.0364. The number of aliphatic carboxylic acids is 2. The Morgan fingerprint density at radius 1 is 1.00 bits per heavy atom. The van der Waals surface area contributed by atoms with Gasteiger partial charge < -0.3 is 42.1 Å². The van der Waals surface area contributed by atoms with E-state index in [-0.39, 0.29) is 18.6 Å². The van der Waals surface area contributed by atoms with E-state index >= 15 is 0 Å². The van der Waals surface area contributed by atoms with Crippen LogP contribution in [0.1, 0.15) is 25.3 Å². The van der Waals surface area contributed by atoms with Gasteiger partial charge in [-0.25, -0.2) is 4.79 Å². The summed E-state index contributed by atoms with van der Waals surface area (Å²) in [6, 6.07) is 1.97. The molecule has 13 nitrogen and oxygen atoms in total. The molecule has 0 heterocycles. The second-order valence-corrected chi connectivity index (χ2v) is 7.31. The summed E-state index contributed by atoms with van der Waals surface area (Å²) in [5, 5.41) is 43.1. The maximum atomic E-state index is 12.4. The van der Waals surface area contributed by atoms with Gasteiger partial charge in [0.25, 0.3) is 0 Å². The topological polar surface area (TPSA) is 228 Å². The molecule has 1 rings (SSSR count). The molecule has 0 aromatic heterocycles. The van der Waals surface area contributed by atoms with Gasteiger partial charge in [0.2, 0.25) is 17.7 Å². The molecule has 3 amide bonds. The first-order chi connectivity index (χ1) is 15.4. The van der Waals surface area contributed by atoms with Crippen LogP contribution in [0.5, 0.6) is 5.75 Å². The van der Waals surface area contributed by atoms with Crippen LogP contribution in [0.4, 0.5) is 0 Å². The zero-order valence-corrected chi connectivity index (χ0v) is 17.9. The Bertz CT molecular complexity index is 858. The lowest BCUT2D eigenvalue weighted by atomic mass is 10.0. The smallest absolute Gasteiger partial charge is 0.328 e. The third-order valence-corrected chi connectivity index (χ3v) is 4.50. The molecule has 0 aliphatic heterocycles. The molecular weight excluding hydrogens is 440 g/mol. The fourth-order valence-electron chi connectivity index (χ4n) is 2.70. The van der Waals surface area contributed by atoms with Gasteiger partial charge in [-0.15, -0.1) is 0 Å². The van der Waals surface area contributed by atoms with Crippen LogP contribution in [0.3, 0.4) is 0 Å². The summed E-state index contributed by atoms with van der Waals surface area (Å²) in [6.07, 6.45) is -2.05. The summed E-state index contributed by atoms with van der Waals surface area (Å²) < 4.78 is 0. The molecule has 33 heavy (non-hydrogen) atoms. The van der Waals surface area contributed by atoms with Gasteiger partial charge in [0.1, 0.15) is 11.8 Å². The van der Waals surface area contributed by atoms with Gasteiger partial charge in [-0.3, -0.25) is 19.2 Å². The first kappa shape index (κ1) is 27.3. The third kappa shape index (κ3) is 9.97. The molecule has 0 aliphatic carbocycles. The minimum atomic E-state index is -1.59. The highest BCUT2D eigenvalue weighted by Gasteiger charge is 2.27. The van der Waals surface area contributed by atoms with Gasteiger partial charge in [0.05, 0.1) is 18.7 Å². The van der Waals surface area contributed by atoms with E-state index in [4.69, 9.17) is 15.9 Å². The fourth-order valence-corrected chi connectivity index (χ4v) is 2.70. The van der Waals surface area contributed by atoms with Crippen LogP contribution in [0, 0.1) is 0 Å². The van der Waals surface area contributed by atoms with E-state index in [1.54, 1.807) is 12.1 Å². The van der Waals surface area contributed by atoms with Gasteiger partial charge in [-0.1, -0.05) is 12.1 Å². The van der Waals surface area contributed by atoms with E-state index in [1.165, 1.54) is 12.1 Å². The lowest BCUT2D eigenvalue weighted by Gasteiger charge is -2.21. The van der Waals surface area contributed by atoms with E-state index in [0.29, 0.717) is 5.56 Å². The van der Waals surface area contributed by atoms with Crippen molar-refractivity contribution in [2.75, 3.05) is 6.54 Å². The van der Waals surface area contributed by atoms with Crippen molar-refractivity contribution in [3.63, 3.8) is 0 Å². The van der Waals surface area contributed by atoms with E-state index in [2.05, 4.69) is 10.6 Å². The number of benzene rings is 1. The molecular formula is C20H28N4O9. The fraction of sp³-hybridized carbons (Fsp3) is 0.450. The molecule has 13 heteroatoms. The average molecular weight is 468 g/mol. The van der Waals surface area contributed by atoms with Crippen LogP contribution in [-0.2, 0) is 30.4 Å². The highest BCUT2D eigenvalue weighted by molar-refractivity contribution is 5.93. The summed E-state index contributed by atoms with van der Waals surface area (Å²) in [7, 11) is 0. The molecule has 0 spiro atoms. The second-order valence-electron chi connectivity index (χ2n) is 7.31. The number of carbonyl (C=O) groups excluding carboxylic acids is 3. The standard InChI is InChI=1S/C20H28N4O9/c1-10(25)17(20(32)33)24-15(27)9-22-19(31)14(6-7-16(28)29)23-18(30)13(21)8-11-2-4-12(26)5-3-11/h2-5,10,13-14,17,25-26H,6-9,21H2,1H3,(H,22,31)(H,23,30)(H,24,27)(H,28,29)(H,32,33). The first-order valence-corrected chi connectivity index (χ1v) is 9.94. The van der Waals surface area contributed by atoms with Crippen molar-refractivity contribution in [3.05, 3.63) is 29.8 Å². The Kier molecular flexibility index (Phi) is 10.7. The van der Waals surface area contributed by atoms with Crippen LogP contribution in [0.25, 0.3) is 0 Å². The molecule has 1 aromatic carbocycles. The number of phenols is 1. The Morgan fingerprint density at radius 3 is 2.12 bits per heavy atom. The monoisotopic (exact) mass is 468 g/mol. The predicted octanol–water partition coefficient (Wildman–Crippen LogP) is -2.32. The molecule has 0 radical (unpaired) electrons. The summed E-state index contributed by atoms with van der Waals surface area (Å²) in [6.45, 7) is 0.491. The third-order valence-electron chi connectivity index (χ3n) is 4.50. The van der Waals surface area contributed by atoms with Crippen molar-refractivity contribution in [2.45, 2.75) is 50.4 Å². The number of phenolic OH excluding ortho intramolecular Hbond substituents is 1. The van der Waals surface area contributed by atoms with Crippen LogP contribution in [0.15, 0.2) is 24.3 Å². The van der Waals surface area contributed by atoms with Crippen molar-refractivity contribution in [1.29, 1.82) is 0 Å². The van der Waals surface area contributed by atoms with E-state index < -0.39 is 66.9 Å². The number of hydrogen-bond acceptors (Lipinski definition) is 8. The zero-order chi connectivity index (χ0) is 25.1. The predicted molar refractivity (Wildman–Crippen MR) is 113 cm³/mol. The largest absolute Gasteiger partial charge is 0.508 e. The van der Waals surface area contributed by atoms with Crippen molar-refractivity contribution < 1.29 is 44.4 Å². The number of carbonyl (C=O) groups is 5. The van der Waals surface area contributed by atoms with Crippen molar-refractivity contribution in [2.24, 2.45) is 5.73 Å². The number of nitrogens with two attached hydrogens (primary N) is 1. The molecule has 0 aliphatic rings. The molecule has 4 unspecified atom stereocenters.